The number of hydrogen-bond donors (Lipinski definition) is 1. The van der Waals surface area contributed by atoms with Crippen LogP contribution in [0.1, 0.15) is 24.1 Å². The average molecular weight is 306 g/mol. The molecule has 1 unspecified atom stereocenters. The zero-order valence-corrected chi connectivity index (χ0v) is 12.9. The number of nitrogens with two attached hydrogens (primary N) is 1. The van der Waals surface area contributed by atoms with Gasteiger partial charge in [0.1, 0.15) is 10.8 Å². The zero-order chi connectivity index (χ0) is 14.7. The van der Waals surface area contributed by atoms with Crippen molar-refractivity contribution in [1.82, 2.24) is 4.98 Å². The zero-order valence-electron chi connectivity index (χ0n) is 11.4. The van der Waals surface area contributed by atoms with Gasteiger partial charge in [-0.2, -0.15) is 0 Å². The van der Waals surface area contributed by atoms with Gasteiger partial charge in [-0.1, -0.05) is 36.0 Å². The number of pyridine rings is 1. The molecule has 1 aromatic carbocycles. The molecule has 0 saturated heterocycles. The number of thiocarbonyl (C=S) groups is 1. The second-order valence-electron chi connectivity index (χ2n) is 4.58. The molecule has 104 valence electrons. The Morgan fingerprint density at radius 1 is 1.35 bits per heavy atom. The van der Waals surface area contributed by atoms with Crippen LogP contribution in [0, 0.1) is 0 Å². The third-order valence-electron chi connectivity index (χ3n) is 3.30. The van der Waals surface area contributed by atoms with Gasteiger partial charge in [-0.25, -0.2) is 4.98 Å². The fourth-order valence-corrected chi connectivity index (χ4v) is 2.40. The van der Waals surface area contributed by atoms with E-state index in [1.807, 2.05) is 48.3 Å². The van der Waals surface area contributed by atoms with Gasteiger partial charge in [-0.3, -0.25) is 0 Å². The Bertz CT molecular complexity index is 630. The molecule has 2 aromatic rings. The van der Waals surface area contributed by atoms with E-state index in [9.17, 15) is 0 Å². The molecule has 1 atom stereocenters. The molecule has 1 heterocycles. The highest BCUT2D eigenvalue weighted by molar-refractivity contribution is 7.80. The molecule has 3 nitrogen and oxygen atoms in total. The summed E-state index contributed by atoms with van der Waals surface area (Å²) < 4.78 is 0. The van der Waals surface area contributed by atoms with Crippen molar-refractivity contribution in [1.29, 1.82) is 0 Å². The first-order valence-electron chi connectivity index (χ1n) is 6.24. The predicted molar refractivity (Wildman–Crippen MR) is 88.4 cm³/mol. The number of halogens is 1. The molecule has 2 N–H and O–H groups in total. The van der Waals surface area contributed by atoms with Crippen molar-refractivity contribution < 1.29 is 0 Å². The van der Waals surface area contributed by atoms with Crippen LogP contribution in [-0.4, -0.2) is 17.0 Å². The lowest BCUT2D eigenvalue weighted by Crippen LogP contribution is -2.26. The van der Waals surface area contributed by atoms with Gasteiger partial charge in [0.25, 0.3) is 0 Å². The van der Waals surface area contributed by atoms with Gasteiger partial charge in [0.2, 0.25) is 0 Å². The van der Waals surface area contributed by atoms with E-state index in [1.54, 1.807) is 6.20 Å². The van der Waals surface area contributed by atoms with Gasteiger partial charge < -0.3 is 10.6 Å². The van der Waals surface area contributed by atoms with E-state index in [1.165, 1.54) is 0 Å². The standard InChI is InChI=1S/C15H16ClN3S/c1-10(11-5-3-6-12(16)9-11)19(2)15-13(14(17)20)7-4-8-18-15/h3-10H,1-2H3,(H2,17,20). The second-order valence-corrected chi connectivity index (χ2v) is 5.46. The van der Waals surface area contributed by atoms with E-state index in [2.05, 4.69) is 11.9 Å². The second kappa shape index (κ2) is 6.20. The van der Waals surface area contributed by atoms with E-state index in [4.69, 9.17) is 29.6 Å². The van der Waals surface area contributed by atoms with Gasteiger partial charge in [0.15, 0.2) is 0 Å². The fourth-order valence-electron chi connectivity index (χ4n) is 2.04. The Morgan fingerprint density at radius 3 is 2.75 bits per heavy atom. The molecular formula is C15H16ClN3S. The summed E-state index contributed by atoms with van der Waals surface area (Å²) in [6, 6.07) is 11.6. The lowest BCUT2D eigenvalue weighted by atomic mass is 10.1. The highest BCUT2D eigenvalue weighted by Gasteiger charge is 2.17. The topological polar surface area (TPSA) is 42.2 Å². The average Bonchev–Trinajstić information content (AvgIpc) is 2.45. The fraction of sp³-hybridized carbons (Fsp3) is 0.200. The van der Waals surface area contributed by atoms with Gasteiger partial charge in [-0.15, -0.1) is 0 Å². The molecule has 2 rings (SSSR count). The number of nitrogens with zero attached hydrogens (tertiary/aromatic N) is 2. The van der Waals surface area contributed by atoms with Crippen LogP contribution in [0.25, 0.3) is 0 Å². The van der Waals surface area contributed by atoms with Crippen molar-refractivity contribution in [3.8, 4) is 0 Å². The van der Waals surface area contributed by atoms with Gasteiger partial charge in [-0.05, 0) is 36.8 Å². The summed E-state index contributed by atoms with van der Waals surface area (Å²) in [4.78, 5) is 6.78. The first kappa shape index (κ1) is 14.8. The summed E-state index contributed by atoms with van der Waals surface area (Å²) in [5.74, 6) is 0.771. The molecule has 0 bridgehead atoms. The van der Waals surface area contributed by atoms with E-state index in [0.717, 1.165) is 22.0 Å². The molecule has 0 spiro atoms. The lowest BCUT2D eigenvalue weighted by Gasteiger charge is -2.28. The minimum atomic E-state index is 0.108. The van der Waals surface area contributed by atoms with Crippen molar-refractivity contribution in [3.05, 3.63) is 58.7 Å². The summed E-state index contributed by atoms with van der Waals surface area (Å²) >= 11 is 11.1. The molecule has 5 heteroatoms. The number of benzene rings is 1. The Morgan fingerprint density at radius 2 is 2.10 bits per heavy atom. The van der Waals surface area contributed by atoms with Crippen LogP contribution in [-0.2, 0) is 0 Å². The highest BCUT2D eigenvalue weighted by Crippen LogP contribution is 2.27. The van der Waals surface area contributed by atoms with Crippen molar-refractivity contribution in [2.45, 2.75) is 13.0 Å². The minimum Gasteiger partial charge on any atom is -0.389 e. The van der Waals surface area contributed by atoms with Crippen LogP contribution in [0.5, 0.6) is 0 Å². The maximum absolute atomic E-state index is 6.05. The molecule has 1 aromatic heterocycles. The molecule has 20 heavy (non-hydrogen) atoms. The summed E-state index contributed by atoms with van der Waals surface area (Å²) in [7, 11) is 1.97. The number of hydrogen-bond acceptors (Lipinski definition) is 3. The van der Waals surface area contributed by atoms with Gasteiger partial charge in [0.05, 0.1) is 11.6 Å². The highest BCUT2D eigenvalue weighted by atomic mass is 35.5. The Labute approximate surface area is 129 Å². The smallest absolute Gasteiger partial charge is 0.139 e. The van der Waals surface area contributed by atoms with Crippen LogP contribution in [0.2, 0.25) is 5.02 Å². The molecule has 0 amide bonds. The minimum absolute atomic E-state index is 0.108. The molecule has 0 aliphatic rings. The van der Waals surface area contributed by atoms with Crippen LogP contribution in [0.3, 0.4) is 0 Å². The number of aromatic nitrogens is 1. The van der Waals surface area contributed by atoms with Gasteiger partial charge in [0, 0.05) is 18.3 Å². The van der Waals surface area contributed by atoms with E-state index in [0.29, 0.717) is 4.99 Å². The first-order chi connectivity index (χ1) is 9.50. The van der Waals surface area contributed by atoms with Crippen molar-refractivity contribution >= 4 is 34.6 Å². The first-order valence-corrected chi connectivity index (χ1v) is 7.02. The van der Waals surface area contributed by atoms with Crippen LogP contribution < -0.4 is 10.6 Å². The van der Waals surface area contributed by atoms with Crippen molar-refractivity contribution in [2.75, 3.05) is 11.9 Å². The lowest BCUT2D eigenvalue weighted by molar-refractivity contribution is 0.728. The predicted octanol–water partition coefficient (Wildman–Crippen LogP) is 3.57. The SMILES string of the molecule is CC(c1cccc(Cl)c1)N(C)c1ncccc1C(N)=S. The third-order valence-corrected chi connectivity index (χ3v) is 3.75. The maximum atomic E-state index is 6.05. The van der Waals surface area contributed by atoms with Crippen LogP contribution in [0.4, 0.5) is 5.82 Å². The summed E-state index contributed by atoms with van der Waals surface area (Å²) in [5.41, 5.74) is 7.65. The van der Waals surface area contributed by atoms with Crippen LogP contribution in [0.15, 0.2) is 42.6 Å². The number of anilines is 1. The quantitative estimate of drug-likeness (QED) is 0.877. The van der Waals surface area contributed by atoms with Crippen molar-refractivity contribution in [3.63, 3.8) is 0 Å². The Balaban J connectivity index is 2.36. The summed E-state index contributed by atoms with van der Waals surface area (Å²) in [6.07, 6.45) is 1.73. The summed E-state index contributed by atoms with van der Waals surface area (Å²) in [5, 5.41) is 0.721. The van der Waals surface area contributed by atoms with E-state index < -0.39 is 0 Å². The largest absolute Gasteiger partial charge is 0.389 e. The molecule has 0 radical (unpaired) electrons. The van der Waals surface area contributed by atoms with E-state index in [-0.39, 0.29) is 6.04 Å². The monoisotopic (exact) mass is 305 g/mol. The molecular weight excluding hydrogens is 290 g/mol. The molecule has 0 saturated carbocycles. The van der Waals surface area contributed by atoms with E-state index >= 15 is 0 Å². The van der Waals surface area contributed by atoms with Crippen molar-refractivity contribution in [2.24, 2.45) is 5.73 Å². The Kier molecular flexibility index (Phi) is 4.57. The summed E-state index contributed by atoms with van der Waals surface area (Å²) in [6.45, 7) is 2.09. The normalized spacial score (nSPS) is 11.9. The number of rotatable bonds is 4. The maximum Gasteiger partial charge on any atom is 0.139 e. The van der Waals surface area contributed by atoms with Gasteiger partial charge >= 0.3 is 0 Å². The van der Waals surface area contributed by atoms with Crippen LogP contribution >= 0.6 is 23.8 Å². The molecule has 0 aliphatic carbocycles. The molecule has 0 fully saturated rings. The third kappa shape index (κ3) is 3.08. The Hall–Kier alpha value is -1.65. The molecule has 0 aliphatic heterocycles.